The lowest BCUT2D eigenvalue weighted by molar-refractivity contribution is -0.384. The molecule has 0 saturated carbocycles. The molecular formula is C7H5INO3P. The number of benzene rings is 1. The van der Waals surface area contributed by atoms with Gasteiger partial charge in [-0.05, 0) is 34.2 Å². The molecule has 6 heteroatoms. The first-order valence-electron chi connectivity index (χ1n) is 3.70. The summed E-state index contributed by atoms with van der Waals surface area (Å²) < 4.78 is 7.23. The summed E-state index contributed by atoms with van der Waals surface area (Å²) in [5.41, 5.74) is 0.0194. The predicted molar refractivity (Wildman–Crippen MR) is 59.8 cm³/mol. The van der Waals surface area contributed by atoms with Crippen molar-refractivity contribution in [2.24, 2.45) is 0 Å². The van der Waals surface area contributed by atoms with Crippen LogP contribution in [0.1, 0.15) is 10.4 Å². The molecule has 0 aliphatic heterocycles. The van der Waals surface area contributed by atoms with Crippen LogP contribution in [0.5, 0.6) is 0 Å². The maximum atomic E-state index is 11.3. The fourth-order valence-corrected chi connectivity index (χ4v) is 1.86. The van der Waals surface area contributed by atoms with Crippen molar-refractivity contribution in [2.45, 2.75) is 0 Å². The normalized spacial score (nSPS) is 13.2. The average Bonchev–Trinajstić information content (AvgIpc) is 2.16. The number of nitrogens with zero attached hydrogens (tertiary/aromatic N) is 1. The molecule has 0 saturated heterocycles. The van der Waals surface area contributed by atoms with Crippen LogP contribution < -0.4 is 0 Å². The Balaban J connectivity index is 2.94. The second kappa shape index (κ2) is 4.62. The van der Waals surface area contributed by atoms with Gasteiger partial charge in [0.25, 0.3) is 5.69 Å². The molecule has 0 amide bonds. The Morgan fingerprint density at radius 2 is 2.08 bits per heavy atom. The van der Waals surface area contributed by atoms with Crippen molar-refractivity contribution in [1.29, 1.82) is 1.28 Å². The van der Waals surface area contributed by atoms with Crippen molar-refractivity contribution < 1.29 is 9.72 Å². The highest BCUT2D eigenvalue weighted by Gasteiger charge is 2.07. The van der Waals surface area contributed by atoms with E-state index in [0.29, 0.717) is 5.56 Å². The molecule has 0 fully saturated rings. The van der Waals surface area contributed by atoms with Crippen molar-refractivity contribution in [3.63, 3.8) is 0 Å². The van der Waals surface area contributed by atoms with Gasteiger partial charge < -0.3 is 0 Å². The monoisotopic (exact) mass is 311 g/mol. The molecule has 68 valence electrons. The number of halogens is 1. The molecule has 0 aliphatic rings. The molecule has 1 aromatic carbocycles. The molecule has 4 nitrogen and oxygen atoms in total. The average molecular weight is 311 g/mol. The van der Waals surface area contributed by atoms with Crippen LogP contribution >= 0.6 is 28.2 Å². The number of hydrogen-bond donors (Lipinski definition) is 0. The number of nitro benzene ring substituents is 1. The first-order chi connectivity index (χ1) is 6.52. The van der Waals surface area contributed by atoms with Crippen LogP contribution in [-0.4, -0.2) is 11.7 Å². The smallest absolute Gasteiger partial charge is 0.269 e. The van der Waals surface area contributed by atoms with Gasteiger partial charge >= 0.3 is 0 Å². The summed E-state index contributed by atoms with van der Waals surface area (Å²) in [5.74, 6) is 0. The van der Waals surface area contributed by atoms with E-state index in [2.05, 4.69) is 0 Å². The molecule has 0 radical (unpaired) electrons. The maximum absolute atomic E-state index is 11.3. The number of carbonyl (C=O) groups excluding carboxylic acids is 1. The van der Waals surface area contributed by atoms with E-state index in [0.717, 1.165) is 0 Å². The molecule has 13 heavy (non-hydrogen) atoms. The van der Waals surface area contributed by atoms with Gasteiger partial charge in [-0.2, -0.15) is 0 Å². The number of rotatable bonds is 3. The van der Waals surface area contributed by atoms with Gasteiger partial charge in [0.2, 0.25) is 0 Å². The van der Waals surface area contributed by atoms with Gasteiger partial charge in [0.05, 0.1) is 6.20 Å². The third-order valence-electron chi connectivity index (χ3n) is 1.40. The van der Waals surface area contributed by atoms with Gasteiger partial charge in [-0.15, -0.1) is 0 Å². The summed E-state index contributed by atoms with van der Waals surface area (Å²) >= 11 is 1.74. The lowest BCUT2D eigenvalue weighted by atomic mass is 10.2. The third kappa shape index (κ3) is 2.70. The molecule has 0 bridgehead atoms. The predicted octanol–water partition coefficient (Wildman–Crippen LogP) is 2.76. The first kappa shape index (κ1) is 9.02. The minimum absolute atomic E-state index is 0.0516. The second-order valence-corrected chi connectivity index (χ2v) is 4.22. The summed E-state index contributed by atoms with van der Waals surface area (Å²) in [6, 6.07) is 5.29. The fraction of sp³-hybridized carbons (Fsp3) is 0. The highest BCUT2D eigenvalue weighted by molar-refractivity contribution is 14.2. The van der Waals surface area contributed by atoms with E-state index < -0.39 is 11.1 Å². The van der Waals surface area contributed by atoms with E-state index in [4.69, 9.17) is 1.28 Å². The highest BCUT2D eigenvalue weighted by Crippen LogP contribution is 2.27. The molecule has 0 aromatic heterocycles. The zero-order valence-corrected chi connectivity index (χ0v) is 9.36. The Morgan fingerprint density at radius 1 is 1.54 bits per heavy atom. The number of nitro groups is 1. The van der Waals surface area contributed by atoms with Gasteiger partial charge in [-0.1, -0.05) is 0 Å². The Morgan fingerprint density at radius 3 is 2.46 bits per heavy atom. The van der Waals surface area contributed by atoms with Crippen molar-refractivity contribution in [2.75, 3.05) is 0 Å². The van der Waals surface area contributed by atoms with E-state index in [1.165, 1.54) is 24.3 Å². The summed E-state index contributed by atoms with van der Waals surface area (Å²) in [4.78, 5) is 21.1. The topological polar surface area (TPSA) is 60.2 Å². The van der Waals surface area contributed by atoms with Crippen molar-refractivity contribution in [3.8, 4) is 0 Å². The lowest BCUT2D eigenvalue weighted by Crippen LogP contribution is -1.91. The number of carbonyl (C=O) groups is 1. The van der Waals surface area contributed by atoms with Crippen molar-refractivity contribution >= 4 is 39.4 Å². The Labute approximate surface area is 90.4 Å². The number of hydrogen-bond acceptors (Lipinski definition) is 3. The summed E-state index contributed by atoms with van der Waals surface area (Å²) in [6.45, 7) is 0. The minimum Gasteiger partial charge on any atom is -0.288 e. The molecule has 1 rings (SSSR count). The lowest BCUT2D eigenvalue weighted by Gasteiger charge is -1.95. The molecule has 1 unspecified atom stereocenters. The van der Waals surface area contributed by atoms with E-state index in [-0.39, 0.29) is 11.2 Å². The first-order valence-corrected chi connectivity index (χ1v) is 6.94. The van der Waals surface area contributed by atoms with Gasteiger partial charge in [-0.25, -0.2) is 0 Å². The van der Waals surface area contributed by atoms with Gasteiger partial charge in [0, 0.05) is 23.9 Å². The van der Waals surface area contributed by atoms with E-state index in [9.17, 15) is 14.9 Å². The van der Waals surface area contributed by atoms with E-state index in [1.807, 2.05) is 0 Å². The summed E-state index contributed by atoms with van der Waals surface area (Å²) in [7, 11) is 0. The van der Waals surface area contributed by atoms with Crippen LogP contribution in [0.25, 0.3) is 0 Å². The van der Waals surface area contributed by atoms with Crippen LogP contribution in [-0.2, 0) is 0 Å². The van der Waals surface area contributed by atoms with E-state index in [1.54, 1.807) is 22.0 Å². The van der Waals surface area contributed by atoms with Crippen molar-refractivity contribution in [1.82, 2.24) is 0 Å². The Hall–Kier alpha value is -0.550. The third-order valence-corrected chi connectivity index (χ3v) is 3.13. The molecule has 0 heterocycles. The van der Waals surface area contributed by atoms with Crippen LogP contribution in [0, 0.1) is 10.1 Å². The fourth-order valence-electron chi connectivity index (χ4n) is 0.775. The zero-order chi connectivity index (χ0) is 10.7. The van der Waals surface area contributed by atoms with E-state index >= 15 is 0 Å². The van der Waals surface area contributed by atoms with Gasteiger partial charge in [0.1, 0.15) is 0 Å². The molecule has 1 atom stereocenters. The molecule has 0 aliphatic carbocycles. The van der Waals surface area contributed by atoms with Gasteiger partial charge in [-0.3, -0.25) is 14.9 Å². The summed E-state index contributed by atoms with van der Waals surface area (Å²) in [6.07, 6.45) is -1.45. The Bertz CT molecular complexity index is 368. The second-order valence-electron chi connectivity index (χ2n) is 2.19. The Kier molecular flexibility index (Phi) is 3.21. The largest absolute Gasteiger partial charge is 0.288 e. The number of non-ortho nitro benzene ring substituents is 1. The standard InChI is InChI=1S/C7H5INO3P/c8-13-7(10)5-1-3-6(4-2-5)9(11)12/h1-4,13H/i13T. The maximum Gasteiger partial charge on any atom is 0.269 e. The van der Waals surface area contributed by atoms with Crippen LogP contribution in [0.4, 0.5) is 5.69 Å². The van der Waals surface area contributed by atoms with Crippen LogP contribution in [0.15, 0.2) is 24.3 Å². The summed E-state index contributed by atoms with van der Waals surface area (Å²) in [5, 5.41) is 10.3. The van der Waals surface area contributed by atoms with Crippen LogP contribution in [0.2, 0.25) is 0 Å². The molecule has 0 spiro atoms. The quantitative estimate of drug-likeness (QED) is 0.373. The minimum atomic E-state index is -1.45. The molecule has 1 aromatic rings. The van der Waals surface area contributed by atoms with Crippen molar-refractivity contribution in [3.05, 3.63) is 39.9 Å². The molecule has 0 N–H and O–H groups in total. The highest BCUT2D eigenvalue weighted by atomic mass is 127. The SMILES string of the molecule is [3H]P(I)C(=O)c1ccc([N+](=O)[O-])cc1. The zero-order valence-electron chi connectivity index (χ0n) is 7.31. The van der Waals surface area contributed by atoms with Gasteiger partial charge in [0.15, 0.2) is 5.52 Å². The molecular weight excluding hydrogens is 304 g/mol. The van der Waals surface area contributed by atoms with Crippen LogP contribution in [0.3, 0.4) is 0 Å².